The molecule has 2 fully saturated rings. The highest BCUT2D eigenvalue weighted by Crippen LogP contribution is 2.54. The van der Waals surface area contributed by atoms with E-state index in [-0.39, 0.29) is 29.0 Å². The van der Waals surface area contributed by atoms with Gasteiger partial charge in [-0.15, -0.1) is 0 Å². The Morgan fingerprint density at radius 1 is 1.40 bits per heavy atom. The summed E-state index contributed by atoms with van der Waals surface area (Å²) in [7, 11) is 0. The van der Waals surface area contributed by atoms with Gasteiger partial charge in [-0.2, -0.15) is 0 Å². The minimum atomic E-state index is -0.634. The summed E-state index contributed by atoms with van der Waals surface area (Å²) in [5, 5.41) is 11.0. The molecule has 2 aliphatic carbocycles. The molecule has 0 saturated heterocycles. The average Bonchev–Trinajstić information content (AvgIpc) is 2.92. The van der Waals surface area contributed by atoms with Crippen LogP contribution >= 0.6 is 0 Å². The quantitative estimate of drug-likeness (QED) is 0.682. The molecule has 1 aromatic rings. The van der Waals surface area contributed by atoms with Gasteiger partial charge in [0.05, 0.1) is 11.0 Å². The first-order valence-corrected chi connectivity index (χ1v) is 6.89. The molecule has 2 unspecified atom stereocenters. The molecule has 0 bridgehead atoms. The molecule has 0 aromatic heterocycles. The van der Waals surface area contributed by atoms with Crippen molar-refractivity contribution < 1.29 is 14.1 Å². The third kappa shape index (κ3) is 1.95. The van der Waals surface area contributed by atoms with E-state index >= 15 is 0 Å². The fourth-order valence-corrected chi connectivity index (χ4v) is 3.56. The second kappa shape index (κ2) is 4.70. The van der Waals surface area contributed by atoms with Crippen molar-refractivity contribution in [2.75, 3.05) is 0 Å². The van der Waals surface area contributed by atoms with Crippen molar-refractivity contribution in [3.63, 3.8) is 0 Å². The fourth-order valence-electron chi connectivity index (χ4n) is 3.56. The third-order valence-electron chi connectivity index (χ3n) is 4.77. The molecule has 5 nitrogen and oxygen atoms in total. The van der Waals surface area contributed by atoms with Crippen molar-refractivity contribution in [1.29, 1.82) is 0 Å². The Morgan fingerprint density at radius 2 is 2.10 bits per heavy atom. The molecule has 1 spiro atoms. The van der Waals surface area contributed by atoms with E-state index in [0.29, 0.717) is 6.42 Å². The lowest BCUT2D eigenvalue weighted by atomic mass is 9.61. The molecule has 2 atom stereocenters. The van der Waals surface area contributed by atoms with Gasteiger partial charge in [0.25, 0.3) is 0 Å². The standard InChI is InChI=1S/C14H17FN2O3/c15-9-3-4-11(10(7-9)17(18)19)20-13-8-12(16)14(13)5-1-2-6-14/h3-4,7,12-13H,1-2,5-6,8,16H2. The first-order chi connectivity index (χ1) is 9.53. The number of halogens is 1. The van der Waals surface area contributed by atoms with Crippen LogP contribution in [0.25, 0.3) is 0 Å². The zero-order valence-corrected chi connectivity index (χ0v) is 11.0. The van der Waals surface area contributed by atoms with Gasteiger partial charge in [-0.05, 0) is 25.0 Å². The molecule has 1 aromatic carbocycles. The lowest BCUT2D eigenvalue weighted by Gasteiger charge is -2.51. The van der Waals surface area contributed by atoms with Crippen LogP contribution in [-0.2, 0) is 0 Å². The molecular weight excluding hydrogens is 263 g/mol. The Labute approximate surface area is 116 Å². The molecule has 0 radical (unpaired) electrons. The molecular formula is C14H17FN2O3. The van der Waals surface area contributed by atoms with Crippen molar-refractivity contribution in [1.82, 2.24) is 0 Å². The van der Waals surface area contributed by atoms with Crippen molar-refractivity contribution in [2.45, 2.75) is 44.2 Å². The minimum absolute atomic E-state index is 0.0394. The number of nitro groups is 1. The van der Waals surface area contributed by atoms with Crippen LogP contribution in [0.4, 0.5) is 10.1 Å². The van der Waals surface area contributed by atoms with E-state index in [9.17, 15) is 14.5 Å². The normalized spacial score (nSPS) is 27.3. The number of nitrogens with zero attached hydrogens (tertiary/aromatic N) is 1. The van der Waals surface area contributed by atoms with E-state index in [1.54, 1.807) is 0 Å². The number of hydrogen-bond acceptors (Lipinski definition) is 4. The Morgan fingerprint density at radius 3 is 2.70 bits per heavy atom. The van der Waals surface area contributed by atoms with Crippen molar-refractivity contribution in [3.8, 4) is 5.75 Å². The Kier molecular flexibility index (Phi) is 3.12. The molecule has 0 heterocycles. The van der Waals surface area contributed by atoms with Gasteiger partial charge in [0.1, 0.15) is 11.9 Å². The van der Waals surface area contributed by atoms with Gasteiger partial charge >= 0.3 is 5.69 Å². The number of benzene rings is 1. The van der Waals surface area contributed by atoms with E-state index in [1.807, 2.05) is 0 Å². The Balaban J connectivity index is 1.84. The predicted octanol–water partition coefficient (Wildman–Crippen LogP) is 2.77. The first-order valence-electron chi connectivity index (χ1n) is 6.89. The topological polar surface area (TPSA) is 78.4 Å². The zero-order valence-electron chi connectivity index (χ0n) is 11.0. The van der Waals surface area contributed by atoms with Crippen LogP contribution in [0.15, 0.2) is 18.2 Å². The van der Waals surface area contributed by atoms with Crippen molar-refractivity contribution in [2.24, 2.45) is 11.1 Å². The number of nitro benzene ring substituents is 1. The smallest absolute Gasteiger partial charge is 0.313 e. The summed E-state index contributed by atoms with van der Waals surface area (Å²) in [4.78, 5) is 10.4. The number of nitrogens with two attached hydrogens (primary N) is 1. The summed E-state index contributed by atoms with van der Waals surface area (Å²) in [6, 6.07) is 3.52. The zero-order chi connectivity index (χ0) is 14.3. The van der Waals surface area contributed by atoms with Crippen LogP contribution in [-0.4, -0.2) is 17.1 Å². The lowest BCUT2D eigenvalue weighted by Crippen LogP contribution is -2.62. The van der Waals surface area contributed by atoms with Gasteiger partial charge in [0, 0.05) is 17.9 Å². The maximum atomic E-state index is 13.1. The van der Waals surface area contributed by atoms with Gasteiger partial charge in [0.15, 0.2) is 5.75 Å². The number of hydrogen-bond donors (Lipinski definition) is 1. The third-order valence-corrected chi connectivity index (χ3v) is 4.77. The number of ether oxygens (including phenoxy) is 1. The van der Waals surface area contributed by atoms with Crippen LogP contribution in [0.5, 0.6) is 5.75 Å². The molecule has 20 heavy (non-hydrogen) atoms. The maximum absolute atomic E-state index is 13.1. The van der Waals surface area contributed by atoms with Crippen LogP contribution in [0, 0.1) is 21.3 Å². The summed E-state index contributed by atoms with van der Waals surface area (Å²) in [6.45, 7) is 0. The predicted molar refractivity (Wildman–Crippen MR) is 71.0 cm³/mol. The van der Waals surface area contributed by atoms with Crippen LogP contribution in [0.2, 0.25) is 0 Å². The molecule has 6 heteroatoms. The van der Waals surface area contributed by atoms with Gasteiger partial charge in [-0.3, -0.25) is 10.1 Å². The average molecular weight is 280 g/mol. The summed E-state index contributed by atoms with van der Waals surface area (Å²) in [6.07, 6.45) is 4.87. The Hall–Kier alpha value is -1.69. The second-order valence-electron chi connectivity index (χ2n) is 5.76. The summed E-state index contributed by atoms with van der Waals surface area (Å²) < 4.78 is 18.9. The van der Waals surface area contributed by atoms with Crippen LogP contribution in [0.3, 0.4) is 0 Å². The molecule has 2 aliphatic rings. The summed E-state index contributed by atoms with van der Waals surface area (Å²) >= 11 is 0. The van der Waals surface area contributed by atoms with E-state index in [4.69, 9.17) is 10.5 Å². The molecule has 108 valence electrons. The van der Waals surface area contributed by atoms with Gasteiger partial charge in [-0.1, -0.05) is 12.8 Å². The second-order valence-corrected chi connectivity index (χ2v) is 5.76. The maximum Gasteiger partial charge on any atom is 0.313 e. The van der Waals surface area contributed by atoms with E-state index in [2.05, 4.69) is 0 Å². The number of rotatable bonds is 3. The highest BCUT2D eigenvalue weighted by atomic mass is 19.1. The van der Waals surface area contributed by atoms with Crippen LogP contribution < -0.4 is 10.5 Å². The monoisotopic (exact) mass is 280 g/mol. The molecule has 2 N–H and O–H groups in total. The first kappa shape index (κ1) is 13.3. The van der Waals surface area contributed by atoms with Crippen molar-refractivity contribution >= 4 is 5.69 Å². The van der Waals surface area contributed by atoms with E-state index < -0.39 is 10.7 Å². The lowest BCUT2D eigenvalue weighted by molar-refractivity contribution is -0.386. The summed E-state index contributed by atoms with van der Waals surface area (Å²) in [5.41, 5.74) is 5.75. The van der Waals surface area contributed by atoms with Crippen molar-refractivity contribution in [3.05, 3.63) is 34.1 Å². The molecule has 0 amide bonds. The van der Waals surface area contributed by atoms with Crippen LogP contribution in [0.1, 0.15) is 32.1 Å². The van der Waals surface area contributed by atoms with Gasteiger partial charge in [-0.25, -0.2) is 4.39 Å². The molecule has 3 rings (SSSR count). The minimum Gasteiger partial charge on any atom is -0.483 e. The summed E-state index contributed by atoms with van der Waals surface area (Å²) in [5.74, 6) is -0.496. The van der Waals surface area contributed by atoms with Gasteiger partial charge < -0.3 is 10.5 Å². The Bertz CT molecular complexity index is 543. The largest absolute Gasteiger partial charge is 0.483 e. The fraction of sp³-hybridized carbons (Fsp3) is 0.571. The molecule has 0 aliphatic heterocycles. The van der Waals surface area contributed by atoms with E-state index in [0.717, 1.165) is 31.7 Å². The van der Waals surface area contributed by atoms with Gasteiger partial charge in [0.2, 0.25) is 0 Å². The van der Waals surface area contributed by atoms with E-state index in [1.165, 1.54) is 12.1 Å². The highest BCUT2D eigenvalue weighted by Gasteiger charge is 2.56. The highest BCUT2D eigenvalue weighted by molar-refractivity contribution is 5.46. The SMILES string of the molecule is NC1CC(Oc2ccc(F)cc2[N+](=O)[O-])C12CCCC2. The molecule has 2 saturated carbocycles.